The normalized spacial score (nSPS) is 17.9. The average molecular weight is 194 g/mol. The van der Waals surface area contributed by atoms with Crippen molar-refractivity contribution in [3.8, 4) is 0 Å². The lowest BCUT2D eigenvalue weighted by atomic mass is 9.98. The van der Waals surface area contributed by atoms with E-state index in [0.29, 0.717) is 0 Å². The van der Waals surface area contributed by atoms with E-state index in [-0.39, 0.29) is 0 Å². The Morgan fingerprint density at radius 3 is 2.62 bits per heavy atom. The highest BCUT2D eigenvalue weighted by atomic mass is 35.5. The van der Waals surface area contributed by atoms with Crippen molar-refractivity contribution in [1.29, 1.82) is 0 Å². The molecule has 1 heteroatoms. The van der Waals surface area contributed by atoms with Crippen LogP contribution in [0, 0.1) is 5.92 Å². The van der Waals surface area contributed by atoms with E-state index in [2.05, 4.69) is 12.1 Å². The van der Waals surface area contributed by atoms with Crippen LogP contribution in [0.5, 0.6) is 0 Å². The van der Waals surface area contributed by atoms with Gasteiger partial charge in [0.25, 0.3) is 0 Å². The van der Waals surface area contributed by atoms with Gasteiger partial charge in [-0.15, -0.1) is 0 Å². The monoisotopic (exact) mass is 193 g/mol. The maximum atomic E-state index is 5.92. The largest absolute Gasteiger partial charge is 0.0843 e. The molecular formula is C12H14Cl. The Balaban J connectivity index is 2.00. The topological polar surface area (TPSA) is 0 Å². The van der Waals surface area contributed by atoms with Crippen LogP contribution in [0.3, 0.4) is 0 Å². The smallest absolute Gasteiger partial charge is 0.0408 e. The molecule has 2 rings (SSSR count). The quantitative estimate of drug-likeness (QED) is 0.665. The Bertz CT molecular complexity index is 274. The van der Waals surface area contributed by atoms with Crippen molar-refractivity contribution >= 4 is 11.6 Å². The predicted octanol–water partition coefficient (Wildman–Crippen LogP) is 4.03. The van der Waals surface area contributed by atoms with Gasteiger partial charge in [0.2, 0.25) is 0 Å². The van der Waals surface area contributed by atoms with Crippen molar-refractivity contribution in [3.63, 3.8) is 0 Å². The molecule has 0 aliphatic heterocycles. The number of halogens is 1. The number of rotatable bonds is 2. The van der Waals surface area contributed by atoms with E-state index < -0.39 is 0 Å². The summed E-state index contributed by atoms with van der Waals surface area (Å²) in [5, 5.41) is 0.857. The average Bonchev–Trinajstić information content (AvgIpc) is 2.57. The molecule has 0 nitrogen and oxygen atoms in total. The minimum Gasteiger partial charge on any atom is -0.0843 e. The minimum atomic E-state index is 0.857. The molecule has 0 saturated heterocycles. The summed E-state index contributed by atoms with van der Waals surface area (Å²) in [6.45, 7) is 0. The third-order valence-corrected chi connectivity index (χ3v) is 2.89. The van der Waals surface area contributed by atoms with Gasteiger partial charge in [0.1, 0.15) is 0 Å². The first kappa shape index (κ1) is 9.08. The molecule has 0 amide bonds. The zero-order valence-electron chi connectivity index (χ0n) is 7.72. The molecule has 1 aliphatic rings. The standard InChI is InChI=1S/C12H14Cl/c13-12-7-3-6-11(9-12)8-10-4-1-2-5-10/h3,6-7,9H,1-2,4-5,8H2. The Hall–Kier alpha value is -0.490. The van der Waals surface area contributed by atoms with Gasteiger partial charge in [-0.3, -0.25) is 0 Å². The molecule has 13 heavy (non-hydrogen) atoms. The van der Waals surface area contributed by atoms with E-state index in [0.717, 1.165) is 11.4 Å². The Labute approximate surface area is 84.9 Å². The van der Waals surface area contributed by atoms with Gasteiger partial charge in [-0.1, -0.05) is 36.6 Å². The van der Waals surface area contributed by atoms with E-state index in [9.17, 15) is 0 Å². The van der Waals surface area contributed by atoms with E-state index in [1.807, 2.05) is 12.1 Å². The first-order valence-electron chi connectivity index (χ1n) is 4.92. The summed E-state index contributed by atoms with van der Waals surface area (Å²) < 4.78 is 0. The zero-order valence-corrected chi connectivity index (χ0v) is 8.48. The zero-order chi connectivity index (χ0) is 9.10. The molecule has 0 spiro atoms. The fourth-order valence-corrected chi connectivity index (χ4v) is 2.20. The third-order valence-electron chi connectivity index (χ3n) is 2.65. The molecule has 1 aliphatic carbocycles. The first-order chi connectivity index (χ1) is 6.34. The summed E-state index contributed by atoms with van der Waals surface area (Å²) in [6, 6.07) is 8.21. The second-order valence-electron chi connectivity index (χ2n) is 3.76. The lowest BCUT2D eigenvalue weighted by Crippen LogP contribution is -1.95. The number of hydrogen-bond acceptors (Lipinski definition) is 0. The highest BCUT2D eigenvalue weighted by Gasteiger charge is 2.15. The summed E-state index contributed by atoms with van der Waals surface area (Å²) in [7, 11) is 0. The first-order valence-corrected chi connectivity index (χ1v) is 5.30. The lowest BCUT2D eigenvalue weighted by molar-refractivity contribution is 0.838. The van der Waals surface area contributed by atoms with Crippen LogP contribution < -0.4 is 0 Å². The lowest BCUT2D eigenvalue weighted by Gasteiger charge is -2.07. The molecule has 1 radical (unpaired) electrons. The van der Waals surface area contributed by atoms with Crippen LogP contribution in [-0.4, -0.2) is 0 Å². The third kappa shape index (κ3) is 2.47. The maximum absolute atomic E-state index is 5.92. The Morgan fingerprint density at radius 2 is 1.92 bits per heavy atom. The summed E-state index contributed by atoms with van der Waals surface area (Å²) >= 11 is 5.92. The second-order valence-corrected chi connectivity index (χ2v) is 4.20. The van der Waals surface area contributed by atoms with Crippen molar-refractivity contribution in [3.05, 3.63) is 40.8 Å². The van der Waals surface area contributed by atoms with Crippen LogP contribution in [0.1, 0.15) is 31.2 Å². The van der Waals surface area contributed by atoms with Crippen molar-refractivity contribution < 1.29 is 0 Å². The van der Waals surface area contributed by atoms with Gasteiger partial charge in [-0.25, -0.2) is 0 Å². The van der Waals surface area contributed by atoms with Crippen molar-refractivity contribution in [2.24, 2.45) is 0 Å². The van der Waals surface area contributed by atoms with Crippen LogP contribution in [-0.2, 0) is 6.42 Å². The van der Waals surface area contributed by atoms with Gasteiger partial charge in [-0.2, -0.15) is 0 Å². The molecule has 69 valence electrons. The molecule has 0 aromatic heterocycles. The summed E-state index contributed by atoms with van der Waals surface area (Å²) in [6.07, 6.45) is 6.56. The molecule has 0 atom stereocenters. The van der Waals surface area contributed by atoms with Crippen LogP contribution in [0.4, 0.5) is 0 Å². The van der Waals surface area contributed by atoms with Gasteiger partial charge >= 0.3 is 0 Å². The van der Waals surface area contributed by atoms with Gasteiger partial charge < -0.3 is 0 Å². The molecule has 1 aromatic rings. The van der Waals surface area contributed by atoms with Crippen molar-refractivity contribution in [2.75, 3.05) is 0 Å². The number of hydrogen-bond donors (Lipinski definition) is 0. The molecule has 0 N–H and O–H groups in total. The van der Waals surface area contributed by atoms with Crippen LogP contribution in [0.2, 0.25) is 5.02 Å². The molecule has 0 unspecified atom stereocenters. The molecule has 1 saturated carbocycles. The SMILES string of the molecule is Clc1cccc(C[C]2CCCC2)c1. The Morgan fingerprint density at radius 1 is 1.15 bits per heavy atom. The molecule has 0 heterocycles. The van der Waals surface area contributed by atoms with Gasteiger partial charge in [0.15, 0.2) is 0 Å². The fraction of sp³-hybridized carbons (Fsp3) is 0.417. The minimum absolute atomic E-state index is 0.857. The van der Waals surface area contributed by atoms with Gasteiger partial charge in [-0.05, 0) is 42.9 Å². The predicted molar refractivity (Wildman–Crippen MR) is 56.9 cm³/mol. The maximum Gasteiger partial charge on any atom is 0.0408 e. The van der Waals surface area contributed by atoms with E-state index in [1.165, 1.54) is 31.2 Å². The second kappa shape index (κ2) is 4.15. The van der Waals surface area contributed by atoms with E-state index >= 15 is 0 Å². The van der Waals surface area contributed by atoms with Crippen LogP contribution >= 0.6 is 11.6 Å². The Kier molecular flexibility index (Phi) is 2.90. The molecule has 1 fully saturated rings. The van der Waals surface area contributed by atoms with Crippen LogP contribution in [0.15, 0.2) is 24.3 Å². The van der Waals surface area contributed by atoms with Crippen molar-refractivity contribution in [1.82, 2.24) is 0 Å². The fourth-order valence-electron chi connectivity index (χ4n) is 1.99. The highest BCUT2D eigenvalue weighted by molar-refractivity contribution is 6.30. The summed E-state index contributed by atoms with van der Waals surface area (Å²) in [5.74, 6) is 1.70. The highest BCUT2D eigenvalue weighted by Crippen LogP contribution is 2.30. The van der Waals surface area contributed by atoms with E-state index in [4.69, 9.17) is 11.6 Å². The van der Waals surface area contributed by atoms with E-state index in [1.54, 1.807) is 5.92 Å². The van der Waals surface area contributed by atoms with Gasteiger partial charge in [0.05, 0.1) is 0 Å². The van der Waals surface area contributed by atoms with Gasteiger partial charge in [0, 0.05) is 5.02 Å². The molecule has 1 aromatic carbocycles. The summed E-state index contributed by atoms with van der Waals surface area (Å²) in [4.78, 5) is 0. The summed E-state index contributed by atoms with van der Waals surface area (Å²) in [5.41, 5.74) is 1.37. The molecular weight excluding hydrogens is 180 g/mol. The van der Waals surface area contributed by atoms with Crippen molar-refractivity contribution in [2.45, 2.75) is 32.1 Å². The van der Waals surface area contributed by atoms with Crippen LogP contribution in [0.25, 0.3) is 0 Å². The molecule has 0 bridgehead atoms. The number of benzene rings is 1.